The van der Waals surface area contributed by atoms with Crippen LogP contribution in [0.5, 0.6) is 0 Å². The Balaban J connectivity index is 2.97. The summed E-state index contributed by atoms with van der Waals surface area (Å²) in [4.78, 5) is 0. The molecule has 0 saturated carbocycles. The molecule has 0 heterocycles. The first-order valence-electron chi connectivity index (χ1n) is 10.7. The van der Waals surface area contributed by atoms with Gasteiger partial charge in [0.25, 0.3) is 0 Å². The van der Waals surface area contributed by atoms with Crippen LogP contribution in [0.4, 0.5) is 0 Å². The Morgan fingerprint density at radius 3 is 1.26 bits per heavy atom. The molecule has 0 aliphatic heterocycles. The highest BCUT2D eigenvalue weighted by Gasteiger charge is 1.98. The van der Waals surface area contributed by atoms with Crippen molar-refractivity contribution in [2.45, 2.75) is 129 Å². The molecule has 0 fully saturated rings. The molecule has 1 atom stereocenters. The first-order valence-corrected chi connectivity index (χ1v) is 10.7. The predicted octanol–water partition coefficient (Wildman–Crippen LogP) is 6.57. The molecule has 0 aromatic carbocycles. The molecule has 0 amide bonds. The molecule has 0 aromatic rings. The topological polar surface area (TPSA) is 32.3 Å². The van der Waals surface area contributed by atoms with Crippen molar-refractivity contribution < 1.29 is 5.11 Å². The largest absolute Gasteiger partial charge is 0.379 e. The molecule has 23 heavy (non-hydrogen) atoms. The minimum atomic E-state index is -0.300. The minimum absolute atomic E-state index is 0.300. The van der Waals surface area contributed by atoms with Gasteiger partial charge >= 0.3 is 0 Å². The summed E-state index contributed by atoms with van der Waals surface area (Å²) in [5.74, 6) is 0. The second-order valence-electron chi connectivity index (χ2n) is 7.18. The summed E-state index contributed by atoms with van der Waals surface area (Å²) in [5, 5.41) is 12.5. The lowest BCUT2D eigenvalue weighted by atomic mass is 10.0. The predicted molar refractivity (Wildman–Crippen MR) is 104 cm³/mol. The van der Waals surface area contributed by atoms with Gasteiger partial charge in [0, 0.05) is 0 Å². The summed E-state index contributed by atoms with van der Waals surface area (Å²) in [6.07, 6.45) is 23.1. The van der Waals surface area contributed by atoms with E-state index in [1.807, 2.05) is 6.92 Å². The average molecular weight is 328 g/mol. The van der Waals surface area contributed by atoms with Gasteiger partial charge in [0.15, 0.2) is 0 Å². The molecule has 140 valence electrons. The van der Waals surface area contributed by atoms with E-state index in [0.717, 1.165) is 13.0 Å². The third-order valence-electron chi connectivity index (χ3n) is 4.80. The van der Waals surface area contributed by atoms with E-state index in [4.69, 9.17) is 0 Å². The second-order valence-corrected chi connectivity index (χ2v) is 7.18. The summed E-state index contributed by atoms with van der Waals surface area (Å²) < 4.78 is 0. The average Bonchev–Trinajstić information content (AvgIpc) is 2.57. The van der Waals surface area contributed by atoms with Crippen LogP contribution in [0.15, 0.2) is 0 Å². The number of aliphatic hydroxyl groups excluding tert-OH is 1. The SMILES string of the molecule is CCCCCCCCCCCCCCCCCCNC(O)CC. The maximum atomic E-state index is 9.37. The van der Waals surface area contributed by atoms with Crippen LogP contribution in [0, 0.1) is 0 Å². The zero-order valence-corrected chi connectivity index (χ0v) is 16.3. The van der Waals surface area contributed by atoms with E-state index < -0.39 is 0 Å². The fourth-order valence-corrected chi connectivity index (χ4v) is 3.09. The number of nitrogens with one attached hydrogen (secondary N) is 1. The highest BCUT2D eigenvalue weighted by molar-refractivity contribution is 4.53. The van der Waals surface area contributed by atoms with Gasteiger partial charge in [-0.3, -0.25) is 5.32 Å². The summed E-state index contributed by atoms with van der Waals surface area (Å²) in [6.45, 7) is 5.26. The van der Waals surface area contributed by atoms with E-state index in [-0.39, 0.29) is 6.23 Å². The molecule has 0 saturated heterocycles. The quantitative estimate of drug-likeness (QED) is 0.208. The van der Waals surface area contributed by atoms with Crippen LogP contribution in [0.25, 0.3) is 0 Å². The Hall–Kier alpha value is -0.0800. The zero-order valence-electron chi connectivity index (χ0n) is 16.3. The van der Waals surface area contributed by atoms with Crippen LogP contribution < -0.4 is 5.32 Å². The number of hydrogen-bond acceptors (Lipinski definition) is 2. The van der Waals surface area contributed by atoms with Crippen LogP contribution in [-0.2, 0) is 0 Å². The summed E-state index contributed by atoms with van der Waals surface area (Å²) in [5.41, 5.74) is 0. The van der Waals surface area contributed by atoms with E-state index in [2.05, 4.69) is 12.2 Å². The van der Waals surface area contributed by atoms with Crippen molar-refractivity contribution in [2.24, 2.45) is 0 Å². The standard InChI is InChI=1S/C21H45NO/c1-3-5-6-7-8-9-10-11-12-13-14-15-16-17-18-19-20-22-21(23)4-2/h21-23H,3-20H2,1-2H3. The van der Waals surface area contributed by atoms with Crippen molar-refractivity contribution >= 4 is 0 Å². The number of rotatable bonds is 19. The Labute approximate surface area is 146 Å². The van der Waals surface area contributed by atoms with Crippen LogP contribution in [0.2, 0.25) is 0 Å². The third kappa shape index (κ3) is 19.9. The smallest absolute Gasteiger partial charge is 0.104 e. The van der Waals surface area contributed by atoms with E-state index in [1.54, 1.807) is 0 Å². The van der Waals surface area contributed by atoms with Crippen LogP contribution in [-0.4, -0.2) is 17.9 Å². The zero-order chi connectivity index (χ0) is 17.0. The Kier molecular flexibility index (Phi) is 19.9. The van der Waals surface area contributed by atoms with Crippen molar-refractivity contribution in [1.29, 1.82) is 0 Å². The van der Waals surface area contributed by atoms with E-state index >= 15 is 0 Å². The van der Waals surface area contributed by atoms with E-state index in [9.17, 15) is 5.11 Å². The molecule has 0 radical (unpaired) electrons. The van der Waals surface area contributed by atoms with Crippen molar-refractivity contribution in [3.63, 3.8) is 0 Å². The fraction of sp³-hybridized carbons (Fsp3) is 1.00. The molecule has 2 heteroatoms. The number of aliphatic hydroxyl groups is 1. The number of unbranched alkanes of at least 4 members (excludes halogenated alkanes) is 15. The second kappa shape index (κ2) is 20.0. The molecule has 0 spiro atoms. The Bertz CT molecular complexity index is 208. The van der Waals surface area contributed by atoms with Crippen molar-refractivity contribution in [3.05, 3.63) is 0 Å². The summed E-state index contributed by atoms with van der Waals surface area (Å²) in [6, 6.07) is 0. The van der Waals surface area contributed by atoms with Gasteiger partial charge in [-0.2, -0.15) is 0 Å². The van der Waals surface area contributed by atoms with E-state index in [0.29, 0.717) is 0 Å². The maximum absolute atomic E-state index is 9.37. The highest BCUT2D eigenvalue weighted by atomic mass is 16.3. The lowest BCUT2D eigenvalue weighted by molar-refractivity contribution is 0.133. The van der Waals surface area contributed by atoms with Gasteiger partial charge in [0.2, 0.25) is 0 Å². The summed E-state index contributed by atoms with van der Waals surface area (Å²) in [7, 11) is 0. The molecule has 0 aliphatic rings. The van der Waals surface area contributed by atoms with Crippen LogP contribution in [0.1, 0.15) is 123 Å². The summed E-state index contributed by atoms with van der Waals surface area (Å²) >= 11 is 0. The van der Waals surface area contributed by atoms with Gasteiger partial charge in [0.05, 0.1) is 0 Å². The van der Waals surface area contributed by atoms with E-state index in [1.165, 1.54) is 103 Å². The molecular formula is C21H45NO. The van der Waals surface area contributed by atoms with Crippen molar-refractivity contribution in [1.82, 2.24) is 5.32 Å². The van der Waals surface area contributed by atoms with Gasteiger partial charge in [-0.15, -0.1) is 0 Å². The molecular weight excluding hydrogens is 282 g/mol. The molecule has 0 rings (SSSR count). The molecule has 2 N–H and O–H groups in total. The highest BCUT2D eigenvalue weighted by Crippen LogP contribution is 2.13. The molecule has 2 nitrogen and oxygen atoms in total. The van der Waals surface area contributed by atoms with Gasteiger partial charge in [-0.05, 0) is 19.4 Å². The maximum Gasteiger partial charge on any atom is 0.104 e. The van der Waals surface area contributed by atoms with Crippen LogP contribution in [0.3, 0.4) is 0 Å². The molecule has 0 aromatic heterocycles. The van der Waals surface area contributed by atoms with Crippen LogP contribution >= 0.6 is 0 Å². The Morgan fingerprint density at radius 2 is 0.913 bits per heavy atom. The normalized spacial score (nSPS) is 12.7. The first-order chi connectivity index (χ1) is 11.3. The third-order valence-corrected chi connectivity index (χ3v) is 4.80. The number of hydrogen-bond donors (Lipinski definition) is 2. The van der Waals surface area contributed by atoms with Crippen molar-refractivity contribution in [3.8, 4) is 0 Å². The van der Waals surface area contributed by atoms with Gasteiger partial charge < -0.3 is 5.11 Å². The van der Waals surface area contributed by atoms with Gasteiger partial charge in [0.1, 0.15) is 6.23 Å². The minimum Gasteiger partial charge on any atom is -0.379 e. The van der Waals surface area contributed by atoms with Gasteiger partial charge in [-0.25, -0.2) is 0 Å². The first kappa shape index (κ1) is 22.9. The lowest BCUT2D eigenvalue weighted by Gasteiger charge is -2.09. The lowest BCUT2D eigenvalue weighted by Crippen LogP contribution is -2.28. The van der Waals surface area contributed by atoms with Gasteiger partial charge in [-0.1, -0.05) is 110 Å². The monoisotopic (exact) mass is 327 g/mol. The molecule has 1 unspecified atom stereocenters. The molecule has 0 bridgehead atoms. The molecule has 0 aliphatic carbocycles. The fourth-order valence-electron chi connectivity index (χ4n) is 3.09. The van der Waals surface area contributed by atoms with Crippen molar-refractivity contribution in [2.75, 3.05) is 6.54 Å². The Morgan fingerprint density at radius 1 is 0.565 bits per heavy atom.